The summed E-state index contributed by atoms with van der Waals surface area (Å²) in [5, 5.41) is 2.92. The third kappa shape index (κ3) is 5.90. The van der Waals surface area contributed by atoms with Gasteiger partial charge in [0.1, 0.15) is 0 Å². The number of carbonyl (C=O) groups is 1. The number of methoxy groups -OCH3 is 1. The quantitative estimate of drug-likeness (QED) is 0.668. The number of amides is 1. The van der Waals surface area contributed by atoms with Crippen molar-refractivity contribution in [2.24, 2.45) is 11.7 Å². The predicted molar refractivity (Wildman–Crippen MR) is 96.8 cm³/mol. The molecule has 1 fully saturated rings. The lowest BCUT2D eigenvalue weighted by Gasteiger charge is -2.26. The van der Waals surface area contributed by atoms with Crippen molar-refractivity contribution in [1.29, 1.82) is 0 Å². The summed E-state index contributed by atoms with van der Waals surface area (Å²) in [5.41, 5.74) is 7.04. The molecule has 6 heteroatoms. The van der Waals surface area contributed by atoms with Crippen LogP contribution in [0.25, 0.3) is 0 Å². The van der Waals surface area contributed by atoms with Gasteiger partial charge in [-0.1, -0.05) is 19.4 Å². The van der Waals surface area contributed by atoms with Crippen LogP contribution in [0.4, 0.5) is 0 Å². The molecule has 2 rings (SSSR count). The first-order valence-electron chi connectivity index (χ1n) is 9.06. The van der Waals surface area contributed by atoms with Crippen LogP contribution in [0.2, 0.25) is 0 Å². The van der Waals surface area contributed by atoms with Gasteiger partial charge in [0.25, 0.3) is 0 Å². The molecule has 3 N–H and O–H groups in total. The molecule has 1 aromatic carbocycles. The number of carbonyl (C=O) groups excluding carboxylic acids is 1. The Hall–Kier alpha value is -1.79. The minimum absolute atomic E-state index is 0.117. The van der Waals surface area contributed by atoms with Gasteiger partial charge in [-0.2, -0.15) is 0 Å². The molecule has 1 atom stereocenters. The fraction of sp³-hybridized carbons (Fsp3) is 0.632. The summed E-state index contributed by atoms with van der Waals surface area (Å²) in [4.78, 5) is 12.3. The highest BCUT2D eigenvalue weighted by Crippen LogP contribution is 2.28. The van der Waals surface area contributed by atoms with Gasteiger partial charge in [0.15, 0.2) is 11.5 Å². The van der Waals surface area contributed by atoms with Gasteiger partial charge in [-0.3, -0.25) is 4.79 Å². The lowest BCUT2D eigenvalue weighted by atomic mass is 9.92. The number of nitrogens with one attached hydrogen (secondary N) is 1. The Labute approximate surface area is 150 Å². The number of nitrogens with two attached hydrogens (primary N) is 1. The van der Waals surface area contributed by atoms with Crippen LogP contribution in [-0.4, -0.2) is 38.9 Å². The highest BCUT2D eigenvalue weighted by Gasteiger charge is 2.26. The summed E-state index contributed by atoms with van der Waals surface area (Å²) in [6.45, 7) is 4.58. The van der Waals surface area contributed by atoms with E-state index in [2.05, 4.69) is 12.2 Å². The van der Waals surface area contributed by atoms with Crippen LogP contribution in [0.1, 0.15) is 38.2 Å². The summed E-state index contributed by atoms with van der Waals surface area (Å²) >= 11 is 0. The van der Waals surface area contributed by atoms with E-state index in [9.17, 15) is 4.79 Å². The molecule has 1 aromatic rings. The van der Waals surface area contributed by atoms with Gasteiger partial charge in [0.05, 0.1) is 19.8 Å². The zero-order valence-corrected chi connectivity index (χ0v) is 15.3. The Morgan fingerprint density at radius 1 is 1.36 bits per heavy atom. The van der Waals surface area contributed by atoms with Gasteiger partial charge in [-0.15, -0.1) is 0 Å². The number of benzene rings is 1. The molecule has 0 saturated carbocycles. The van der Waals surface area contributed by atoms with Crippen molar-refractivity contribution in [3.8, 4) is 11.5 Å². The van der Waals surface area contributed by atoms with E-state index in [0.29, 0.717) is 32.1 Å². The number of rotatable bonds is 9. The second-order valence-corrected chi connectivity index (χ2v) is 6.38. The first-order chi connectivity index (χ1) is 12.2. The maximum absolute atomic E-state index is 12.3. The first kappa shape index (κ1) is 19.5. The Morgan fingerprint density at radius 3 is 2.80 bits per heavy atom. The molecule has 1 heterocycles. The lowest BCUT2D eigenvalue weighted by Crippen LogP contribution is -2.46. The van der Waals surface area contributed by atoms with Crippen LogP contribution in [-0.2, 0) is 16.1 Å². The number of hydrogen-bond donors (Lipinski definition) is 2. The Kier molecular flexibility index (Phi) is 8.01. The Bertz CT molecular complexity index is 544. The molecular weight excluding hydrogens is 320 g/mol. The first-order valence-corrected chi connectivity index (χ1v) is 9.06. The minimum Gasteiger partial charge on any atom is -0.493 e. The second kappa shape index (κ2) is 10.3. The molecule has 0 spiro atoms. The Balaban J connectivity index is 1.87. The predicted octanol–water partition coefficient (Wildman–Crippen LogP) is 2.24. The number of ether oxygens (including phenoxy) is 3. The van der Waals surface area contributed by atoms with Crippen molar-refractivity contribution in [2.45, 2.75) is 45.2 Å². The molecule has 0 bridgehead atoms. The van der Waals surface area contributed by atoms with Gasteiger partial charge >= 0.3 is 0 Å². The van der Waals surface area contributed by atoms with Crippen LogP contribution in [0.3, 0.4) is 0 Å². The molecule has 1 aliphatic rings. The molecular formula is C19H30N2O4. The zero-order valence-electron chi connectivity index (χ0n) is 15.3. The molecule has 0 radical (unpaired) electrons. The fourth-order valence-corrected chi connectivity index (χ4v) is 2.86. The van der Waals surface area contributed by atoms with Crippen molar-refractivity contribution in [3.63, 3.8) is 0 Å². The topological polar surface area (TPSA) is 82.8 Å². The fourth-order valence-electron chi connectivity index (χ4n) is 2.86. The van der Waals surface area contributed by atoms with E-state index >= 15 is 0 Å². The van der Waals surface area contributed by atoms with E-state index in [1.54, 1.807) is 7.11 Å². The molecule has 1 saturated heterocycles. The highest BCUT2D eigenvalue weighted by molar-refractivity contribution is 5.81. The maximum atomic E-state index is 12.3. The monoisotopic (exact) mass is 350 g/mol. The minimum atomic E-state index is -0.484. The van der Waals surface area contributed by atoms with E-state index < -0.39 is 6.04 Å². The molecule has 0 aromatic heterocycles. The molecule has 1 amide bonds. The van der Waals surface area contributed by atoms with Gasteiger partial charge in [-0.05, 0) is 42.9 Å². The summed E-state index contributed by atoms with van der Waals surface area (Å²) < 4.78 is 16.4. The molecule has 25 heavy (non-hydrogen) atoms. The average molecular weight is 350 g/mol. The largest absolute Gasteiger partial charge is 0.493 e. The standard InChI is InChI=1S/C19H30N2O4/c1-3-4-9-25-16-6-5-14(12-17(16)23-2)13-21-19(22)18(20)15-7-10-24-11-8-15/h5-6,12,15,18H,3-4,7-11,13,20H2,1-2H3,(H,21,22). The van der Waals surface area contributed by atoms with Crippen molar-refractivity contribution in [3.05, 3.63) is 23.8 Å². The molecule has 140 valence electrons. The summed E-state index contributed by atoms with van der Waals surface area (Å²) in [7, 11) is 1.62. The van der Waals surface area contributed by atoms with Crippen molar-refractivity contribution >= 4 is 5.91 Å². The maximum Gasteiger partial charge on any atom is 0.237 e. The van der Waals surface area contributed by atoms with Crippen LogP contribution in [0, 0.1) is 5.92 Å². The van der Waals surface area contributed by atoms with Gasteiger partial charge in [0, 0.05) is 19.8 Å². The summed E-state index contributed by atoms with van der Waals surface area (Å²) in [5.74, 6) is 1.48. The van der Waals surface area contributed by atoms with Crippen LogP contribution < -0.4 is 20.5 Å². The van der Waals surface area contributed by atoms with E-state index in [4.69, 9.17) is 19.9 Å². The third-order valence-electron chi connectivity index (χ3n) is 4.53. The lowest BCUT2D eigenvalue weighted by molar-refractivity contribution is -0.124. The average Bonchev–Trinajstić information content (AvgIpc) is 2.67. The van der Waals surface area contributed by atoms with Crippen LogP contribution in [0.15, 0.2) is 18.2 Å². The molecule has 1 aliphatic heterocycles. The van der Waals surface area contributed by atoms with E-state index in [-0.39, 0.29) is 11.8 Å². The summed E-state index contributed by atoms with van der Waals surface area (Å²) in [6.07, 6.45) is 3.77. The Morgan fingerprint density at radius 2 is 2.12 bits per heavy atom. The number of hydrogen-bond acceptors (Lipinski definition) is 5. The van der Waals surface area contributed by atoms with Crippen LogP contribution in [0.5, 0.6) is 11.5 Å². The highest BCUT2D eigenvalue weighted by atomic mass is 16.5. The normalized spacial score (nSPS) is 16.3. The van der Waals surface area contributed by atoms with Gasteiger partial charge in [0.2, 0.25) is 5.91 Å². The van der Waals surface area contributed by atoms with Crippen LogP contribution >= 0.6 is 0 Å². The van der Waals surface area contributed by atoms with Gasteiger partial charge in [-0.25, -0.2) is 0 Å². The number of unbranched alkanes of at least 4 members (excludes halogenated alkanes) is 1. The summed E-state index contributed by atoms with van der Waals surface area (Å²) in [6, 6.07) is 5.22. The smallest absolute Gasteiger partial charge is 0.237 e. The van der Waals surface area contributed by atoms with E-state index in [1.807, 2.05) is 18.2 Å². The van der Waals surface area contributed by atoms with E-state index in [1.165, 1.54) is 0 Å². The molecule has 1 unspecified atom stereocenters. The van der Waals surface area contributed by atoms with Crippen molar-refractivity contribution in [2.75, 3.05) is 26.9 Å². The molecule has 0 aliphatic carbocycles. The van der Waals surface area contributed by atoms with Crippen molar-refractivity contribution in [1.82, 2.24) is 5.32 Å². The SMILES string of the molecule is CCCCOc1ccc(CNC(=O)C(N)C2CCOCC2)cc1OC. The van der Waals surface area contributed by atoms with E-state index in [0.717, 1.165) is 37.0 Å². The zero-order chi connectivity index (χ0) is 18.1. The molecule has 6 nitrogen and oxygen atoms in total. The third-order valence-corrected chi connectivity index (χ3v) is 4.53. The van der Waals surface area contributed by atoms with Gasteiger partial charge < -0.3 is 25.3 Å². The van der Waals surface area contributed by atoms with Crippen molar-refractivity contribution < 1.29 is 19.0 Å². The second-order valence-electron chi connectivity index (χ2n) is 6.38.